The van der Waals surface area contributed by atoms with Gasteiger partial charge in [-0.2, -0.15) is 18.4 Å². The van der Waals surface area contributed by atoms with E-state index in [-0.39, 0.29) is 11.2 Å². The topological polar surface area (TPSA) is 94.4 Å². The molecule has 3 aromatic heterocycles. The molecule has 2 saturated carbocycles. The summed E-state index contributed by atoms with van der Waals surface area (Å²) >= 11 is 0. The first-order valence-corrected chi connectivity index (χ1v) is 12.4. The summed E-state index contributed by atoms with van der Waals surface area (Å²) in [6.07, 6.45) is 2.38. The molecule has 0 bridgehead atoms. The fourth-order valence-electron chi connectivity index (χ4n) is 6.12. The van der Waals surface area contributed by atoms with Gasteiger partial charge in [0, 0.05) is 12.7 Å². The fraction of sp³-hybridized carbons (Fsp3) is 0.370. The van der Waals surface area contributed by atoms with E-state index in [4.69, 9.17) is 9.97 Å². The maximum Gasteiger partial charge on any atom is 0.451 e. The highest BCUT2D eigenvalue weighted by Gasteiger charge is 2.64. The van der Waals surface area contributed by atoms with Crippen molar-refractivity contribution in [2.24, 2.45) is 5.41 Å². The van der Waals surface area contributed by atoms with E-state index in [1.54, 1.807) is 11.0 Å². The molecule has 10 heteroatoms. The van der Waals surface area contributed by atoms with Crippen LogP contribution in [0.15, 0.2) is 42.6 Å². The van der Waals surface area contributed by atoms with E-state index in [2.05, 4.69) is 21.0 Å². The lowest BCUT2D eigenvalue weighted by Gasteiger charge is -2.47. The second-order valence-electron chi connectivity index (χ2n) is 10.5. The standard InChI is InChI=1S/C27H22F3N7/c28-27(29,30)24-32-10-7-22(36-24)37-11-1-2-18-20(37)5-6-21(33-18)26(14-25(15-26)8-9-25)23-34-17-4-3-16(13-31)12-19(17)35-23/h3-7,10,12H,1-2,8-9,11,14-15H2,(H,34,35). The van der Waals surface area contributed by atoms with Crippen LogP contribution >= 0.6 is 0 Å². The Morgan fingerprint density at radius 1 is 1.03 bits per heavy atom. The van der Waals surface area contributed by atoms with Crippen molar-refractivity contribution < 1.29 is 13.2 Å². The molecule has 2 fully saturated rings. The highest BCUT2D eigenvalue weighted by atomic mass is 19.4. The van der Waals surface area contributed by atoms with Crippen molar-refractivity contribution in [3.63, 3.8) is 0 Å². The van der Waals surface area contributed by atoms with Gasteiger partial charge in [0.25, 0.3) is 0 Å². The van der Waals surface area contributed by atoms with Gasteiger partial charge in [-0.05, 0) is 80.3 Å². The molecule has 186 valence electrons. The largest absolute Gasteiger partial charge is 0.451 e. The number of imidazole rings is 1. The van der Waals surface area contributed by atoms with E-state index in [1.165, 1.54) is 18.9 Å². The summed E-state index contributed by atoms with van der Waals surface area (Å²) in [6, 6.07) is 13.1. The molecule has 1 N–H and O–H groups in total. The Bertz CT molecular complexity index is 1590. The van der Waals surface area contributed by atoms with Crippen LogP contribution in [0.5, 0.6) is 0 Å². The normalized spacial score (nSPS) is 19.4. The first kappa shape index (κ1) is 22.2. The predicted octanol–water partition coefficient (Wildman–Crippen LogP) is 5.58. The Morgan fingerprint density at radius 3 is 2.62 bits per heavy atom. The minimum absolute atomic E-state index is 0.221. The number of aromatic nitrogens is 5. The molecule has 4 aromatic rings. The molecule has 1 aliphatic heterocycles. The van der Waals surface area contributed by atoms with E-state index >= 15 is 0 Å². The number of nitriles is 1. The number of pyridine rings is 1. The number of halogens is 3. The number of aryl methyl sites for hydroxylation is 1. The number of anilines is 2. The molecule has 7 nitrogen and oxygen atoms in total. The van der Waals surface area contributed by atoms with Gasteiger partial charge >= 0.3 is 6.18 Å². The third-order valence-electron chi connectivity index (χ3n) is 8.07. The van der Waals surface area contributed by atoms with Gasteiger partial charge in [-0.1, -0.05) is 0 Å². The van der Waals surface area contributed by atoms with Crippen molar-refractivity contribution in [2.45, 2.75) is 50.1 Å². The van der Waals surface area contributed by atoms with Crippen LogP contribution in [-0.4, -0.2) is 31.5 Å². The van der Waals surface area contributed by atoms with Gasteiger partial charge in [0.15, 0.2) is 0 Å². The fourth-order valence-corrected chi connectivity index (χ4v) is 6.12. The first-order valence-electron chi connectivity index (χ1n) is 12.4. The number of nitrogens with zero attached hydrogens (tertiary/aromatic N) is 6. The molecular weight excluding hydrogens is 479 g/mol. The summed E-state index contributed by atoms with van der Waals surface area (Å²) in [7, 11) is 0. The SMILES string of the molecule is N#Cc1ccc2nc(C3(c4ccc5c(n4)CCCN5c4ccnc(C(F)(F)F)n4)CC4(CC4)C3)[nH]c2c1. The molecule has 0 atom stereocenters. The molecule has 0 radical (unpaired) electrons. The van der Waals surface area contributed by atoms with Gasteiger partial charge < -0.3 is 9.88 Å². The molecular formula is C27H22F3N7. The number of hydrogen-bond acceptors (Lipinski definition) is 6. The molecule has 4 heterocycles. The van der Waals surface area contributed by atoms with Crippen LogP contribution in [0.25, 0.3) is 11.0 Å². The lowest BCUT2D eigenvalue weighted by Crippen LogP contribution is -2.45. The highest BCUT2D eigenvalue weighted by Crippen LogP contribution is 2.70. The van der Waals surface area contributed by atoms with Gasteiger partial charge in [0.2, 0.25) is 5.82 Å². The monoisotopic (exact) mass is 501 g/mol. The first-order chi connectivity index (χ1) is 17.8. The molecule has 3 aliphatic rings. The van der Waals surface area contributed by atoms with Crippen LogP contribution in [0, 0.1) is 16.7 Å². The zero-order valence-corrected chi connectivity index (χ0v) is 19.8. The molecule has 1 aromatic carbocycles. The molecule has 7 rings (SSSR count). The molecule has 2 aliphatic carbocycles. The quantitative estimate of drug-likeness (QED) is 0.394. The van der Waals surface area contributed by atoms with E-state index in [1.807, 2.05) is 24.3 Å². The molecule has 1 spiro atoms. The van der Waals surface area contributed by atoms with Crippen LogP contribution in [0.4, 0.5) is 24.7 Å². The van der Waals surface area contributed by atoms with Gasteiger partial charge in [0.1, 0.15) is 11.6 Å². The minimum Gasteiger partial charge on any atom is -0.341 e. The van der Waals surface area contributed by atoms with Gasteiger partial charge in [0.05, 0.1) is 45.2 Å². The van der Waals surface area contributed by atoms with Crippen molar-refractivity contribution in [1.82, 2.24) is 24.9 Å². The van der Waals surface area contributed by atoms with Crippen molar-refractivity contribution in [3.05, 3.63) is 71.2 Å². The molecule has 0 saturated heterocycles. The van der Waals surface area contributed by atoms with E-state index in [0.717, 1.165) is 65.8 Å². The van der Waals surface area contributed by atoms with E-state index in [0.29, 0.717) is 17.5 Å². The lowest BCUT2D eigenvalue weighted by atomic mass is 9.57. The number of nitrogens with one attached hydrogen (secondary N) is 1. The number of hydrogen-bond donors (Lipinski definition) is 1. The molecule has 0 unspecified atom stereocenters. The Hall–Kier alpha value is -4.00. The average Bonchev–Trinajstić information content (AvgIpc) is 3.56. The Balaban J connectivity index is 1.29. The second kappa shape index (κ2) is 7.51. The predicted molar refractivity (Wildman–Crippen MR) is 129 cm³/mol. The summed E-state index contributed by atoms with van der Waals surface area (Å²) < 4.78 is 39.7. The summed E-state index contributed by atoms with van der Waals surface area (Å²) in [5, 5.41) is 9.29. The Morgan fingerprint density at radius 2 is 1.86 bits per heavy atom. The zero-order chi connectivity index (χ0) is 25.4. The lowest BCUT2D eigenvalue weighted by molar-refractivity contribution is -0.144. The van der Waals surface area contributed by atoms with Crippen LogP contribution in [0.3, 0.4) is 0 Å². The minimum atomic E-state index is -4.60. The van der Waals surface area contributed by atoms with Gasteiger partial charge in [-0.15, -0.1) is 0 Å². The van der Waals surface area contributed by atoms with Crippen LogP contribution < -0.4 is 4.90 Å². The Kier molecular flexibility index (Phi) is 4.51. The highest BCUT2D eigenvalue weighted by molar-refractivity contribution is 5.77. The van der Waals surface area contributed by atoms with Crippen molar-refractivity contribution >= 4 is 22.5 Å². The number of benzene rings is 1. The number of fused-ring (bicyclic) bond motifs is 2. The summed E-state index contributed by atoms with van der Waals surface area (Å²) in [6.45, 7) is 0.557. The van der Waals surface area contributed by atoms with Crippen molar-refractivity contribution in [2.75, 3.05) is 11.4 Å². The van der Waals surface area contributed by atoms with Crippen molar-refractivity contribution in [1.29, 1.82) is 5.26 Å². The maximum atomic E-state index is 13.2. The molecule has 0 amide bonds. The number of H-pyrrole nitrogens is 1. The van der Waals surface area contributed by atoms with E-state index in [9.17, 15) is 18.4 Å². The van der Waals surface area contributed by atoms with Crippen LogP contribution in [0.1, 0.15) is 60.7 Å². The zero-order valence-electron chi connectivity index (χ0n) is 19.8. The summed E-state index contributed by atoms with van der Waals surface area (Å²) in [5.41, 5.74) is 4.80. The van der Waals surface area contributed by atoms with Crippen molar-refractivity contribution in [3.8, 4) is 6.07 Å². The van der Waals surface area contributed by atoms with Gasteiger partial charge in [-0.3, -0.25) is 4.98 Å². The van der Waals surface area contributed by atoms with E-state index < -0.39 is 12.0 Å². The summed E-state index contributed by atoms with van der Waals surface area (Å²) in [4.78, 5) is 22.5. The number of alkyl halides is 3. The summed E-state index contributed by atoms with van der Waals surface area (Å²) in [5.74, 6) is -0.0613. The molecule has 37 heavy (non-hydrogen) atoms. The maximum absolute atomic E-state index is 13.2. The second-order valence-corrected chi connectivity index (χ2v) is 10.5. The average molecular weight is 502 g/mol. The van der Waals surface area contributed by atoms with Crippen LogP contribution in [-0.2, 0) is 18.0 Å². The smallest absolute Gasteiger partial charge is 0.341 e. The van der Waals surface area contributed by atoms with Gasteiger partial charge in [-0.25, -0.2) is 15.0 Å². The number of aromatic amines is 1. The number of rotatable bonds is 3. The third-order valence-corrected chi connectivity index (χ3v) is 8.07. The Labute approximate surface area is 210 Å². The van der Waals surface area contributed by atoms with Crippen LogP contribution in [0.2, 0.25) is 0 Å². The third kappa shape index (κ3) is 3.48.